The first kappa shape index (κ1) is 11.4. The summed E-state index contributed by atoms with van der Waals surface area (Å²) in [7, 11) is -3.24. The van der Waals surface area contributed by atoms with Crippen LogP contribution in [0.15, 0.2) is 23.1 Å². The minimum absolute atomic E-state index is 0.193. The molecule has 1 aromatic rings. The SMILES string of the molecule is N#CCc1ccc(S(=O)(=O)C2CC2)c(Cl)c1. The molecule has 1 aromatic carbocycles. The van der Waals surface area contributed by atoms with Gasteiger partial charge in [-0.05, 0) is 30.5 Å². The first-order valence-electron chi connectivity index (χ1n) is 4.95. The van der Waals surface area contributed by atoms with E-state index in [1.165, 1.54) is 6.07 Å². The van der Waals surface area contributed by atoms with E-state index in [1.54, 1.807) is 12.1 Å². The van der Waals surface area contributed by atoms with Crippen molar-refractivity contribution in [2.75, 3.05) is 0 Å². The summed E-state index contributed by atoms with van der Waals surface area (Å²) in [5.74, 6) is 0. The van der Waals surface area contributed by atoms with Crippen LogP contribution >= 0.6 is 11.6 Å². The van der Waals surface area contributed by atoms with Crippen LogP contribution in [-0.2, 0) is 16.3 Å². The summed E-state index contributed by atoms with van der Waals surface area (Å²) in [6.45, 7) is 0. The summed E-state index contributed by atoms with van der Waals surface area (Å²) in [6, 6.07) is 6.70. The van der Waals surface area contributed by atoms with Crippen LogP contribution in [0.2, 0.25) is 5.02 Å². The van der Waals surface area contributed by atoms with Crippen molar-refractivity contribution in [2.24, 2.45) is 0 Å². The zero-order valence-electron chi connectivity index (χ0n) is 8.48. The lowest BCUT2D eigenvalue weighted by Crippen LogP contribution is -2.07. The fraction of sp³-hybridized carbons (Fsp3) is 0.364. The molecule has 0 bridgehead atoms. The molecule has 0 spiro atoms. The monoisotopic (exact) mass is 255 g/mol. The van der Waals surface area contributed by atoms with Crippen LogP contribution in [0.1, 0.15) is 18.4 Å². The molecule has 0 saturated heterocycles. The quantitative estimate of drug-likeness (QED) is 0.833. The maximum absolute atomic E-state index is 11.9. The molecule has 2 rings (SSSR count). The van der Waals surface area contributed by atoms with Gasteiger partial charge in [-0.3, -0.25) is 0 Å². The van der Waals surface area contributed by atoms with Gasteiger partial charge in [0.1, 0.15) is 0 Å². The average Bonchev–Trinajstić information content (AvgIpc) is 3.00. The van der Waals surface area contributed by atoms with E-state index in [4.69, 9.17) is 16.9 Å². The fourth-order valence-corrected chi connectivity index (χ4v) is 3.76. The molecule has 1 aliphatic rings. The van der Waals surface area contributed by atoms with E-state index in [0.29, 0.717) is 0 Å². The maximum atomic E-state index is 11.9. The van der Waals surface area contributed by atoms with Gasteiger partial charge in [0.2, 0.25) is 0 Å². The Hall–Kier alpha value is -1.05. The lowest BCUT2D eigenvalue weighted by atomic mass is 10.2. The van der Waals surface area contributed by atoms with Crippen molar-refractivity contribution in [3.63, 3.8) is 0 Å². The molecule has 0 N–H and O–H groups in total. The van der Waals surface area contributed by atoms with Crippen molar-refractivity contribution in [3.05, 3.63) is 28.8 Å². The number of rotatable bonds is 3. The molecule has 1 fully saturated rings. The van der Waals surface area contributed by atoms with E-state index >= 15 is 0 Å². The van der Waals surface area contributed by atoms with Crippen LogP contribution in [0.3, 0.4) is 0 Å². The number of halogens is 1. The summed E-state index contributed by atoms with van der Waals surface area (Å²) in [5.41, 5.74) is 0.738. The van der Waals surface area contributed by atoms with Crippen molar-refractivity contribution >= 4 is 21.4 Å². The third-order valence-corrected chi connectivity index (χ3v) is 5.29. The molecular formula is C11H10ClNO2S. The van der Waals surface area contributed by atoms with Crippen molar-refractivity contribution < 1.29 is 8.42 Å². The van der Waals surface area contributed by atoms with Crippen LogP contribution < -0.4 is 0 Å². The van der Waals surface area contributed by atoms with Crippen LogP contribution in [0, 0.1) is 11.3 Å². The Labute approximate surface area is 99.6 Å². The fourth-order valence-electron chi connectivity index (χ4n) is 1.53. The van der Waals surface area contributed by atoms with Crippen LogP contribution in [0.25, 0.3) is 0 Å². The van der Waals surface area contributed by atoms with Crippen LogP contribution in [0.4, 0.5) is 0 Å². The smallest absolute Gasteiger partial charge is 0.182 e. The highest BCUT2D eigenvalue weighted by molar-refractivity contribution is 7.92. The van der Waals surface area contributed by atoms with Crippen molar-refractivity contribution in [1.82, 2.24) is 0 Å². The first-order chi connectivity index (χ1) is 7.55. The zero-order chi connectivity index (χ0) is 11.8. The molecule has 84 valence electrons. The summed E-state index contributed by atoms with van der Waals surface area (Å²) >= 11 is 5.93. The molecule has 1 aliphatic carbocycles. The molecule has 0 heterocycles. The molecule has 0 aliphatic heterocycles. The highest BCUT2D eigenvalue weighted by atomic mass is 35.5. The van der Waals surface area contributed by atoms with E-state index in [-0.39, 0.29) is 21.6 Å². The Bertz CT molecular complexity index is 556. The Morgan fingerprint density at radius 1 is 1.44 bits per heavy atom. The van der Waals surface area contributed by atoms with Gasteiger partial charge in [0.25, 0.3) is 0 Å². The van der Waals surface area contributed by atoms with Gasteiger partial charge in [-0.25, -0.2) is 8.42 Å². The molecule has 0 unspecified atom stereocenters. The van der Waals surface area contributed by atoms with Gasteiger partial charge in [-0.15, -0.1) is 0 Å². The molecule has 16 heavy (non-hydrogen) atoms. The van der Waals surface area contributed by atoms with Gasteiger partial charge >= 0.3 is 0 Å². The topological polar surface area (TPSA) is 57.9 Å². The van der Waals surface area contributed by atoms with Crippen molar-refractivity contribution in [1.29, 1.82) is 5.26 Å². The first-order valence-corrected chi connectivity index (χ1v) is 6.87. The van der Waals surface area contributed by atoms with Gasteiger partial charge < -0.3 is 0 Å². The Kier molecular flexibility index (Phi) is 2.92. The Morgan fingerprint density at radius 3 is 2.62 bits per heavy atom. The molecule has 0 radical (unpaired) electrons. The number of sulfone groups is 1. The molecule has 0 amide bonds. The summed E-state index contributed by atoms with van der Waals surface area (Å²) < 4.78 is 23.9. The Balaban J connectivity index is 2.40. The number of nitriles is 1. The molecule has 1 saturated carbocycles. The number of nitrogens with zero attached hydrogens (tertiary/aromatic N) is 1. The molecule has 0 atom stereocenters. The predicted octanol–water partition coefficient (Wildman–Crippen LogP) is 2.34. The van der Waals surface area contributed by atoms with Gasteiger partial charge in [0.05, 0.1) is 27.7 Å². The molecular weight excluding hydrogens is 246 g/mol. The van der Waals surface area contributed by atoms with Crippen LogP contribution in [0.5, 0.6) is 0 Å². The lowest BCUT2D eigenvalue weighted by molar-refractivity contribution is 0.595. The van der Waals surface area contributed by atoms with E-state index in [1.807, 2.05) is 6.07 Å². The minimum atomic E-state index is -3.24. The second-order valence-electron chi connectivity index (χ2n) is 3.84. The van der Waals surface area contributed by atoms with Gasteiger partial charge in [0, 0.05) is 0 Å². The molecule has 0 aromatic heterocycles. The van der Waals surface area contributed by atoms with E-state index < -0.39 is 9.84 Å². The predicted molar refractivity (Wildman–Crippen MR) is 61.0 cm³/mol. The Morgan fingerprint density at radius 2 is 2.12 bits per heavy atom. The molecule has 5 heteroatoms. The number of benzene rings is 1. The highest BCUT2D eigenvalue weighted by Crippen LogP contribution is 2.36. The van der Waals surface area contributed by atoms with E-state index in [0.717, 1.165) is 18.4 Å². The third-order valence-electron chi connectivity index (χ3n) is 2.55. The highest BCUT2D eigenvalue weighted by Gasteiger charge is 2.37. The van der Waals surface area contributed by atoms with Crippen molar-refractivity contribution in [3.8, 4) is 6.07 Å². The van der Waals surface area contributed by atoms with Gasteiger partial charge in [0.15, 0.2) is 9.84 Å². The summed E-state index contributed by atoms with van der Waals surface area (Å²) in [6.07, 6.45) is 1.68. The van der Waals surface area contributed by atoms with Gasteiger partial charge in [-0.2, -0.15) is 5.26 Å². The van der Waals surface area contributed by atoms with E-state index in [2.05, 4.69) is 0 Å². The second-order valence-corrected chi connectivity index (χ2v) is 6.45. The zero-order valence-corrected chi connectivity index (χ0v) is 10.1. The molecule has 3 nitrogen and oxygen atoms in total. The summed E-state index contributed by atoms with van der Waals surface area (Å²) in [5, 5.41) is 8.49. The third kappa shape index (κ3) is 2.06. The van der Waals surface area contributed by atoms with Crippen molar-refractivity contribution in [2.45, 2.75) is 29.4 Å². The number of hydrogen-bond acceptors (Lipinski definition) is 3. The number of hydrogen-bond donors (Lipinski definition) is 0. The largest absolute Gasteiger partial charge is 0.223 e. The standard InChI is InChI=1S/C11H10ClNO2S/c12-10-7-8(5-6-13)1-4-11(10)16(14,15)9-2-3-9/h1,4,7,9H,2-3,5H2. The van der Waals surface area contributed by atoms with Gasteiger partial charge in [-0.1, -0.05) is 17.7 Å². The average molecular weight is 256 g/mol. The lowest BCUT2D eigenvalue weighted by Gasteiger charge is -2.06. The normalized spacial score (nSPS) is 15.8. The second kappa shape index (κ2) is 4.08. The minimum Gasteiger partial charge on any atom is -0.223 e. The summed E-state index contributed by atoms with van der Waals surface area (Å²) in [4.78, 5) is 0.193. The van der Waals surface area contributed by atoms with Crippen LogP contribution in [-0.4, -0.2) is 13.7 Å². The maximum Gasteiger partial charge on any atom is 0.182 e. The van der Waals surface area contributed by atoms with E-state index in [9.17, 15) is 8.42 Å².